The maximum atomic E-state index is 13.4. The van der Waals surface area contributed by atoms with Crippen molar-refractivity contribution in [3.05, 3.63) is 48.4 Å². The van der Waals surface area contributed by atoms with Gasteiger partial charge in [-0.3, -0.25) is 4.79 Å². The van der Waals surface area contributed by atoms with Crippen LogP contribution in [0.25, 0.3) is 11.1 Å². The first-order valence-electron chi connectivity index (χ1n) is 13.4. The van der Waals surface area contributed by atoms with E-state index in [1.165, 1.54) is 0 Å². The Morgan fingerprint density at radius 2 is 2.00 bits per heavy atom. The van der Waals surface area contributed by atoms with Crippen molar-refractivity contribution in [2.75, 3.05) is 24.7 Å². The number of aromatic nitrogens is 4. The molecule has 1 aliphatic heterocycles. The van der Waals surface area contributed by atoms with Crippen LogP contribution < -0.4 is 9.64 Å². The van der Waals surface area contributed by atoms with Crippen LogP contribution in [0.3, 0.4) is 0 Å². The monoisotopic (exact) mass is 503 g/mol. The van der Waals surface area contributed by atoms with E-state index in [0.717, 1.165) is 61.2 Å². The molecule has 194 valence electrons. The van der Waals surface area contributed by atoms with Crippen molar-refractivity contribution in [1.82, 2.24) is 20.1 Å². The summed E-state index contributed by atoms with van der Waals surface area (Å²) in [5.41, 5.74) is 2.03. The largest absolute Gasteiger partial charge is 0.464 e. The molecule has 37 heavy (non-hydrogen) atoms. The summed E-state index contributed by atoms with van der Waals surface area (Å²) in [7, 11) is 0. The third-order valence-electron chi connectivity index (χ3n) is 7.80. The van der Waals surface area contributed by atoms with Crippen molar-refractivity contribution in [3.63, 3.8) is 0 Å². The fourth-order valence-corrected chi connectivity index (χ4v) is 5.67. The zero-order valence-corrected chi connectivity index (χ0v) is 21.5. The van der Waals surface area contributed by atoms with E-state index in [-0.39, 0.29) is 11.3 Å². The molecule has 2 unspecified atom stereocenters. The lowest BCUT2D eigenvalue weighted by molar-refractivity contribution is -0.119. The highest BCUT2D eigenvalue weighted by Crippen LogP contribution is 2.58. The first-order valence-corrected chi connectivity index (χ1v) is 13.4. The van der Waals surface area contributed by atoms with Gasteiger partial charge in [0.15, 0.2) is 5.82 Å². The Hall–Kier alpha value is -3.33. The number of hydrogen-bond donors (Lipinski definition) is 0. The van der Waals surface area contributed by atoms with Crippen LogP contribution in [-0.2, 0) is 15.1 Å². The van der Waals surface area contributed by atoms with Gasteiger partial charge in [0.2, 0.25) is 5.91 Å². The smallest absolute Gasteiger partial charge is 0.316 e. The van der Waals surface area contributed by atoms with Crippen LogP contribution in [0.2, 0.25) is 0 Å². The van der Waals surface area contributed by atoms with Gasteiger partial charge in [-0.25, -0.2) is 9.97 Å². The molecular formula is C28H33N5O4. The van der Waals surface area contributed by atoms with E-state index in [4.69, 9.17) is 19.0 Å². The molecule has 1 aromatic carbocycles. The van der Waals surface area contributed by atoms with Crippen LogP contribution in [0.1, 0.15) is 76.4 Å². The molecule has 2 aliphatic carbocycles. The fraction of sp³-hybridized carbons (Fsp3) is 0.536. The van der Waals surface area contributed by atoms with Crippen molar-refractivity contribution in [1.29, 1.82) is 0 Å². The number of ether oxygens (including phenoxy) is 2. The summed E-state index contributed by atoms with van der Waals surface area (Å²) in [5.74, 6) is 1.98. The van der Waals surface area contributed by atoms with Gasteiger partial charge in [-0.05, 0) is 63.1 Å². The summed E-state index contributed by atoms with van der Waals surface area (Å²) < 4.78 is 17.4. The van der Waals surface area contributed by atoms with Gasteiger partial charge in [0.1, 0.15) is 5.60 Å². The molecule has 2 bridgehead atoms. The van der Waals surface area contributed by atoms with Gasteiger partial charge in [0, 0.05) is 47.9 Å². The lowest BCUT2D eigenvalue weighted by Crippen LogP contribution is -2.41. The first-order chi connectivity index (χ1) is 18.0. The first kappa shape index (κ1) is 24.0. The van der Waals surface area contributed by atoms with Gasteiger partial charge < -0.3 is 18.9 Å². The number of fused-ring (bicyclic) bond motifs is 2. The molecule has 9 heteroatoms. The van der Waals surface area contributed by atoms with E-state index >= 15 is 0 Å². The Kier molecular flexibility index (Phi) is 6.18. The summed E-state index contributed by atoms with van der Waals surface area (Å²) in [4.78, 5) is 28.7. The molecular weight excluding hydrogens is 470 g/mol. The Balaban J connectivity index is 1.25. The summed E-state index contributed by atoms with van der Waals surface area (Å²) in [6.45, 7) is 5.63. The highest BCUT2D eigenvalue weighted by Gasteiger charge is 2.60. The second-order valence-corrected chi connectivity index (χ2v) is 10.7. The van der Waals surface area contributed by atoms with E-state index in [1.807, 2.05) is 43.0 Å². The van der Waals surface area contributed by atoms with Crippen molar-refractivity contribution in [3.8, 4) is 17.1 Å². The van der Waals surface area contributed by atoms with E-state index in [1.54, 1.807) is 12.4 Å². The van der Waals surface area contributed by atoms with Gasteiger partial charge >= 0.3 is 6.01 Å². The lowest BCUT2D eigenvalue weighted by atomic mass is 9.86. The number of rotatable bonds is 10. The molecule has 3 aliphatic rings. The van der Waals surface area contributed by atoms with E-state index in [0.29, 0.717) is 44.0 Å². The van der Waals surface area contributed by atoms with E-state index in [9.17, 15) is 4.79 Å². The normalized spacial score (nSPS) is 24.4. The Morgan fingerprint density at radius 3 is 2.70 bits per heavy atom. The molecule has 9 nitrogen and oxygen atoms in total. The standard InChI is InChI=1S/C28H33N5O4/c1-3-6-23(34)33(22-8-5-7-20(13-22)21-14-29-26(30-15-21)35-4-2)17-27-11-12-28(16-27,36-18-27)25-31-24(32-37-25)19-9-10-19/h5,7-8,13-15,19H,3-4,6,9-12,16-18H2,1-2H3. The number of carbonyl (C=O) groups is 1. The van der Waals surface area contributed by atoms with Gasteiger partial charge in [-0.2, -0.15) is 4.98 Å². The second kappa shape index (κ2) is 9.52. The van der Waals surface area contributed by atoms with Crippen LogP contribution in [-0.4, -0.2) is 45.8 Å². The third kappa shape index (κ3) is 4.61. The molecule has 6 rings (SSSR count). The molecule has 3 heterocycles. The molecule has 2 aromatic heterocycles. The minimum Gasteiger partial charge on any atom is -0.464 e. The SMILES string of the molecule is CCCC(=O)N(CC12CCC(c3nc(C4CC4)no3)(C1)OC2)c1cccc(-c2cnc(OCC)nc2)c1. The van der Waals surface area contributed by atoms with E-state index in [2.05, 4.69) is 15.1 Å². The van der Waals surface area contributed by atoms with Crippen molar-refractivity contribution < 1.29 is 18.8 Å². The van der Waals surface area contributed by atoms with Crippen LogP contribution >= 0.6 is 0 Å². The maximum Gasteiger partial charge on any atom is 0.316 e. The van der Waals surface area contributed by atoms with Crippen molar-refractivity contribution in [2.45, 2.75) is 70.3 Å². The third-order valence-corrected chi connectivity index (χ3v) is 7.80. The number of amides is 1. The number of anilines is 1. The van der Waals surface area contributed by atoms with Crippen molar-refractivity contribution >= 4 is 11.6 Å². The molecule has 0 spiro atoms. The summed E-state index contributed by atoms with van der Waals surface area (Å²) in [6, 6.07) is 8.39. The van der Waals surface area contributed by atoms with Crippen LogP contribution in [0.15, 0.2) is 41.2 Å². The molecule has 2 saturated carbocycles. The number of hydrogen-bond acceptors (Lipinski definition) is 8. The molecule has 3 aromatic rings. The molecule has 1 saturated heterocycles. The fourth-order valence-electron chi connectivity index (χ4n) is 5.67. The quantitative estimate of drug-likeness (QED) is 0.379. The highest BCUT2D eigenvalue weighted by molar-refractivity contribution is 5.94. The zero-order chi connectivity index (χ0) is 25.5. The van der Waals surface area contributed by atoms with Crippen molar-refractivity contribution in [2.24, 2.45) is 5.41 Å². The Morgan fingerprint density at radius 1 is 1.16 bits per heavy atom. The Bertz CT molecular complexity index is 1260. The summed E-state index contributed by atoms with van der Waals surface area (Å²) in [5, 5.41) is 4.22. The Labute approximate surface area is 216 Å². The highest BCUT2D eigenvalue weighted by atomic mass is 16.5. The average molecular weight is 504 g/mol. The van der Waals surface area contributed by atoms with Crippen LogP contribution in [0.5, 0.6) is 6.01 Å². The molecule has 0 radical (unpaired) electrons. The lowest BCUT2D eigenvalue weighted by Gasteiger charge is -2.33. The number of benzene rings is 1. The summed E-state index contributed by atoms with van der Waals surface area (Å²) >= 11 is 0. The number of carbonyl (C=O) groups excluding carboxylic acids is 1. The second-order valence-electron chi connectivity index (χ2n) is 10.7. The molecule has 0 N–H and O–H groups in total. The minimum atomic E-state index is -0.527. The van der Waals surface area contributed by atoms with Gasteiger partial charge in [-0.15, -0.1) is 0 Å². The van der Waals surface area contributed by atoms with Gasteiger partial charge in [0.05, 0.1) is 13.2 Å². The van der Waals surface area contributed by atoms with Crippen LogP contribution in [0, 0.1) is 5.41 Å². The average Bonchev–Trinajstić information content (AvgIpc) is 3.36. The summed E-state index contributed by atoms with van der Waals surface area (Å²) in [6.07, 6.45) is 9.63. The zero-order valence-electron chi connectivity index (χ0n) is 21.5. The predicted octanol–water partition coefficient (Wildman–Crippen LogP) is 5.03. The topological polar surface area (TPSA) is 103 Å². The van der Waals surface area contributed by atoms with Gasteiger partial charge in [-0.1, -0.05) is 24.2 Å². The van der Waals surface area contributed by atoms with E-state index < -0.39 is 5.60 Å². The molecule has 1 amide bonds. The minimum absolute atomic E-state index is 0.121. The van der Waals surface area contributed by atoms with Gasteiger partial charge in [0.25, 0.3) is 5.89 Å². The molecule has 3 fully saturated rings. The number of nitrogens with zero attached hydrogens (tertiary/aromatic N) is 5. The molecule has 2 atom stereocenters. The maximum absolute atomic E-state index is 13.4. The van der Waals surface area contributed by atoms with Crippen LogP contribution in [0.4, 0.5) is 5.69 Å². The predicted molar refractivity (Wildman–Crippen MR) is 136 cm³/mol.